The lowest BCUT2D eigenvalue weighted by molar-refractivity contribution is 0.0917. The number of rotatable bonds is 3. The minimum Gasteiger partial charge on any atom is -0.349 e. The van der Waals surface area contributed by atoms with Gasteiger partial charge in [0.1, 0.15) is 0 Å². The van der Waals surface area contributed by atoms with Gasteiger partial charge < -0.3 is 15.5 Å². The topological polar surface area (TPSA) is 74.3 Å². The molecular weight excluding hydrogens is 304 g/mol. The molecular formula is C18H26N4O2. The fourth-order valence-electron chi connectivity index (χ4n) is 3.51. The normalized spacial score (nSPS) is 19.8. The summed E-state index contributed by atoms with van der Waals surface area (Å²) in [6.07, 6.45) is 10.7. The van der Waals surface area contributed by atoms with Crippen molar-refractivity contribution in [3.05, 3.63) is 30.1 Å². The number of likely N-dealkylation sites (tertiary alicyclic amines) is 1. The molecule has 1 saturated carbocycles. The molecule has 6 heteroatoms. The minimum atomic E-state index is -0.0896. The maximum Gasteiger partial charge on any atom is 0.317 e. The number of hydrogen-bond donors (Lipinski definition) is 2. The van der Waals surface area contributed by atoms with Crippen LogP contribution >= 0.6 is 0 Å². The number of hydrogen-bond acceptors (Lipinski definition) is 3. The number of carbonyl (C=O) groups is 2. The van der Waals surface area contributed by atoms with Crippen LogP contribution in [0.4, 0.5) is 4.79 Å². The Morgan fingerprint density at radius 3 is 2.38 bits per heavy atom. The molecule has 3 amide bonds. The predicted molar refractivity (Wildman–Crippen MR) is 91.7 cm³/mol. The summed E-state index contributed by atoms with van der Waals surface area (Å²) in [6, 6.07) is 4.03. The summed E-state index contributed by atoms with van der Waals surface area (Å²) < 4.78 is 0. The van der Waals surface area contributed by atoms with Crippen molar-refractivity contribution in [2.45, 2.75) is 57.0 Å². The van der Waals surface area contributed by atoms with E-state index in [-0.39, 0.29) is 18.0 Å². The first kappa shape index (κ1) is 16.7. The molecule has 130 valence electrons. The van der Waals surface area contributed by atoms with E-state index in [9.17, 15) is 9.59 Å². The first-order chi connectivity index (χ1) is 11.7. The Morgan fingerprint density at radius 1 is 1.00 bits per heavy atom. The minimum absolute atomic E-state index is 0.0546. The third-order valence-electron chi connectivity index (χ3n) is 4.97. The van der Waals surface area contributed by atoms with Crippen LogP contribution in [0, 0.1) is 0 Å². The number of nitrogens with zero attached hydrogens (tertiary/aromatic N) is 2. The van der Waals surface area contributed by atoms with Crippen molar-refractivity contribution < 1.29 is 9.59 Å². The van der Waals surface area contributed by atoms with E-state index in [1.54, 1.807) is 24.5 Å². The molecule has 1 aromatic heterocycles. The Hall–Kier alpha value is -2.11. The van der Waals surface area contributed by atoms with Crippen LogP contribution in [-0.4, -0.2) is 47.0 Å². The third-order valence-corrected chi connectivity index (χ3v) is 4.97. The lowest BCUT2D eigenvalue weighted by Crippen LogP contribution is -2.51. The largest absolute Gasteiger partial charge is 0.349 e. The van der Waals surface area contributed by atoms with Gasteiger partial charge in [0.05, 0.1) is 5.56 Å². The van der Waals surface area contributed by atoms with Crippen LogP contribution in [-0.2, 0) is 0 Å². The number of nitrogens with one attached hydrogen (secondary N) is 2. The molecule has 24 heavy (non-hydrogen) atoms. The van der Waals surface area contributed by atoms with Crippen LogP contribution in [0.5, 0.6) is 0 Å². The number of amides is 3. The maximum absolute atomic E-state index is 12.3. The van der Waals surface area contributed by atoms with E-state index < -0.39 is 0 Å². The lowest BCUT2D eigenvalue weighted by Gasteiger charge is -2.34. The van der Waals surface area contributed by atoms with E-state index in [2.05, 4.69) is 15.6 Å². The van der Waals surface area contributed by atoms with Crippen molar-refractivity contribution in [2.24, 2.45) is 0 Å². The molecule has 0 aromatic carbocycles. The van der Waals surface area contributed by atoms with E-state index in [0.717, 1.165) is 25.7 Å². The van der Waals surface area contributed by atoms with Crippen molar-refractivity contribution in [3.63, 3.8) is 0 Å². The van der Waals surface area contributed by atoms with Gasteiger partial charge in [0.2, 0.25) is 0 Å². The Labute approximate surface area is 143 Å². The second-order valence-corrected chi connectivity index (χ2v) is 6.76. The molecule has 0 bridgehead atoms. The first-order valence-corrected chi connectivity index (χ1v) is 8.99. The molecule has 1 aromatic rings. The number of pyridine rings is 1. The molecule has 2 aliphatic rings. The van der Waals surface area contributed by atoms with Crippen LogP contribution in [0.15, 0.2) is 24.5 Å². The van der Waals surface area contributed by atoms with Gasteiger partial charge in [-0.2, -0.15) is 0 Å². The number of aromatic nitrogens is 1. The molecule has 3 rings (SSSR count). The van der Waals surface area contributed by atoms with Gasteiger partial charge in [0, 0.05) is 37.6 Å². The highest BCUT2D eigenvalue weighted by Crippen LogP contribution is 2.18. The average Bonchev–Trinajstić information content (AvgIpc) is 2.64. The van der Waals surface area contributed by atoms with E-state index in [1.165, 1.54) is 19.3 Å². The summed E-state index contributed by atoms with van der Waals surface area (Å²) in [7, 11) is 0. The molecule has 1 aliphatic heterocycles. The summed E-state index contributed by atoms with van der Waals surface area (Å²) >= 11 is 0. The van der Waals surface area contributed by atoms with E-state index in [0.29, 0.717) is 24.7 Å². The number of urea groups is 1. The zero-order valence-corrected chi connectivity index (χ0v) is 14.0. The highest BCUT2D eigenvalue weighted by atomic mass is 16.2. The van der Waals surface area contributed by atoms with Crippen LogP contribution < -0.4 is 10.6 Å². The maximum atomic E-state index is 12.3. The van der Waals surface area contributed by atoms with Gasteiger partial charge >= 0.3 is 6.03 Å². The number of piperidine rings is 1. The van der Waals surface area contributed by atoms with Crippen molar-refractivity contribution in [1.82, 2.24) is 20.5 Å². The molecule has 0 unspecified atom stereocenters. The second-order valence-electron chi connectivity index (χ2n) is 6.76. The zero-order chi connectivity index (χ0) is 16.8. The van der Waals surface area contributed by atoms with Crippen LogP contribution in [0.1, 0.15) is 55.3 Å². The van der Waals surface area contributed by atoms with Crippen molar-refractivity contribution in [2.75, 3.05) is 13.1 Å². The quantitative estimate of drug-likeness (QED) is 0.893. The molecule has 0 radical (unpaired) electrons. The molecule has 1 saturated heterocycles. The van der Waals surface area contributed by atoms with Gasteiger partial charge in [0.15, 0.2) is 0 Å². The van der Waals surface area contributed by atoms with Crippen molar-refractivity contribution in [3.8, 4) is 0 Å². The summed E-state index contributed by atoms with van der Waals surface area (Å²) in [5.41, 5.74) is 0.579. The molecule has 1 aliphatic carbocycles. The molecule has 0 atom stereocenters. The van der Waals surface area contributed by atoms with Gasteiger partial charge in [-0.25, -0.2) is 4.79 Å². The fraction of sp³-hybridized carbons (Fsp3) is 0.611. The summed E-state index contributed by atoms with van der Waals surface area (Å²) in [5, 5.41) is 6.20. The highest BCUT2D eigenvalue weighted by molar-refractivity contribution is 5.94. The molecule has 6 nitrogen and oxygen atoms in total. The third kappa shape index (κ3) is 4.46. The second kappa shape index (κ2) is 8.13. The van der Waals surface area contributed by atoms with E-state index >= 15 is 0 Å². The predicted octanol–water partition coefficient (Wildman–Crippen LogP) is 2.32. The summed E-state index contributed by atoms with van der Waals surface area (Å²) in [6.45, 7) is 1.38. The van der Waals surface area contributed by atoms with Crippen LogP contribution in [0.3, 0.4) is 0 Å². The van der Waals surface area contributed by atoms with Gasteiger partial charge in [-0.05, 0) is 37.8 Å². The van der Waals surface area contributed by atoms with Gasteiger partial charge in [0.25, 0.3) is 5.91 Å². The number of carbonyl (C=O) groups excluding carboxylic acids is 2. The van der Waals surface area contributed by atoms with Gasteiger partial charge in [-0.3, -0.25) is 9.78 Å². The van der Waals surface area contributed by atoms with E-state index in [1.807, 2.05) is 4.90 Å². The Kier molecular flexibility index (Phi) is 5.67. The van der Waals surface area contributed by atoms with Gasteiger partial charge in [-0.1, -0.05) is 19.3 Å². The monoisotopic (exact) mass is 330 g/mol. The molecule has 2 N–H and O–H groups in total. The Morgan fingerprint density at radius 2 is 1.71 bits per heavy atom. The first-order valence-electron chi connectivity index (χ1n) is 8.99. The lowest BCUT2D eigenvalue weighted by atomic mass is 9.95. The van der Waals surface area contributed by atoms with Crippen molar-refractivity contribution >= 4 is 11.9 Å². The highest BCUT2D eigenvalue weighted by Gasteiger charge is 2.25. The molecule has 2 heterocycles. The van der Waals surface area contributed by atoms with Crippen LogP contribution in [0.2, 0.25) is 0 Å². The molecule has 2 fully saturated rings. The average molecular weight is 330 g/mol. The van der Waals surface area contributed by atoms with Gasteiger partial charge in [-0.15, -0.1) is 0 Å². The Bertz CT molecular complexity index is 549. The zero-order valence-electron chi connectivity index (χ0n) is 14.0. The molecule has 0 spiro atoms. The summed E-state index contributed by atoms with van der Waals surface area (Å²) in [5.74, 6) is -0.0896. The smallest absolute Gasteiger partial charge is 0.317 e. The summed E-state index contributed by atoms with van der Waals surface area (Å²) in [4.78, 5) is 30.3. The standard InChI is InChI=1S/C18H26N4O2/c23-17(14-5-4-10-19-13-14)20-16-8-11-22(12-9-16)18(24)21-15-6-2-1-3-7-15/h4-5,10,13,15-16H,1-3,6-9,11-12H2,(H,20,23)(H,21,24). The van der Waals surface area contributed by atoms with Crippen molar-refractivity contribution in [1.29, 1.82) is 0 Å². The fourth-order valence-corrected chi connectivity index (χ4v) is 3.51. The van der Waals surface area contributed by atoms with E-state index in [4.69, 9.17) is 0 Å². The van der Waals surface area contributed by atoms with Crippen LogP contribution in [0.25, 0.3) is 0 Å². The Balaban J connectivity index is 1.42. The SMILES string of the molecule is O=C(NC1CCN(C(=O)NC2CCCCC2)CC1)c1cccnc1.